The Kier molecular flexibility index (Phi) is 7.43. The maximum absolute atomic E-state index is 13.7. The molecule has 6 heteroatoms. The van der Waals surface area contributed by atoms with Gasteiger partial charge in [-0.1, -0.05) is 38.1 Å². The molecule has 0 N–H and O–H groups in total. The number of hydrogen-bond acceptors (Lipinski definition) is 3. The topological polar surface area (TPSA) is 43.9 Å². The van der Waals surface area contributed by atoms with E-state index in [9.17, 15) is 14.0 Å². The average molecular weight is 452 g/mol. The van der Waals surface area contributed by atoms with E-state index in [1.807, 2.05) is 35.2 Å². The maximum atomic E-state index is 13.7. The fourth-order valence-corrected chi connectivity index (χ4v) is 5.30. The van der Waals surface area contributed by atoms with E-state index in [2.05, 4.69) is 23.6 Å². The summed E-state index contributed by atoms with van der Waals surface area (Å²) in [6.45, 7) is 9.29. The summed E-state index contributed by atoms with van der Waals surface area (Å²) in [6, 6.07) is 14.1. The van der Waals surface area contributed by atoms with E-state index in [0.717, 1.165) is 50.1 Å². The van der Waals surface area contributed by atoms with Gasteiger partial charge in [-0.3, -0.25) is 9.59 Å². The van der Waals surface area contributed by atoms with Crippen molar-refractivity contribution in [3.8, 4) is 11.1 Å². The first-order valence-corrected chi connectivity index (χ1v) is 12.2. The van der Waals surface area contributed by atoms with Crippen LogP contribution in [0.1, 0.15) is 43.5 Å². The summed E-state index contributed by atoms with van der Waals surface area (Å²) in [5.74, 6) is 0.302. The highest BCUT2D eigenvalue weighted by molar-refractivity contribution is 5.95. The van der Waals surface area contributed by atoms with Crippen molar-refractivity contribution in [2.45, 2.75) is 39.2 Å². The molecule has 2 aliphatic heterocycles. The van der Waals surface area contributed by atoms with Gasteiger partial charge in [0.2, 0.25) is 5.91 Å². The highest BCUT2D eigenvalue weighted by Gasteiger charge is 2.40. The largest absolute Gasteiger partial charge is 0.338 e. The molecule has 2 saturated heterocycles. The highest BCUT2D eigenvalue weighted by atomic mass is 19.1. The second-order valence-corrected chi connectivity index (χ2v) is 9.11. The zero-order valence-corrected chi connectivity index (χ0v) is 19.7. The van der Waals surface area contributed by atoms with Gasteiger partial charge in [0.15, 0.2) is 0 Å². The quantitative estimate of drug-likeness (QED) is 0.631. The van der Waals surface area contributed by atoms with E-state index in [-0.39, 0.29) is 23.7 Å². The predicted molar refractivity (Wildman–Crippen MR) is 128 cm³/mol. The third-order valence-electron chi connectivity index (χ3n) is 7.25. The van der Waals surface area contributed by atoms with Crippen molar-refractivity contribution < 1.29 is 14.0 Å². The van der Waals surface area contributed by atoms with Crippen molar-refractivity contribution in [2.24, 2.45) is 5.92 Å². The van der Waals surface area contributed by atoms with Crippen LogP contribution in [0.5, 0.6) is 0 Å². The summed E-state index contributed by atoms with van der Waals surface area (Å²) in [5.41, 5.74) is 2.22. The van der Waals surface area contributed by atoms with Gasteiger partial charge in [-0.15, -0.1) is 0 Å². The van der Waals surface area contributed by atoms with E-state index in [4.69, 9.17) is 0 Å². The van der Waals surface area contributed by atoms with Crippen LogP contribution in [-0.4, -0.2) is 71.8 Å². The van der Waals surface area contributed by atoms with Crippen LogP contribution in [0.2, 0.25) is 0 Å². The highest BCUT2D eigenvalue weighted by Crippen LogP contribution is 2.32. The Balaban J connectivity index is 1.44. The number of fused-ring (bicyclic) bond motifs is 1. The van der Waals surface area contributed by atoms with Gasteiger partial charge in [-0.25, -0.2) is 4.39 Å². The van der Waals surface area contributed by atoms with Crippen LogP contribution in [0, 0.1) is 11.7 Å². The number of piperidine rings is 2. The van der Waals surface area contributed by atoms with Gasteiger partial charge < -0.3 is 14.7 Å². The lowest BCUT2D eigenvalue weighted by Crippen LogP contribution is -2.58. The lowest BCUT2D eigenvalue weighted by atomic mass is 9.83. The molecule has 0 bridgehead atoms. The molecule has 2 aliphatic rings. The lowest BCUT2D eigenvalue weighted by Gasteiger charge is -2.47. The normalized spacial score (nSPS) is 20.8. The molecular weight excluding hydrogens is 417 g/mol. The van der Waals surface area contributed by atoms with Gasteiger partial charge in [0.05, 0.1) is 0 Å². The molecule has 2 amide bonds. The van der Waals surface area contributed by atoms with E-state index in [1.54, 1.807) is 6.07 Å². The minimum absolute atomic E-state index is 0.0123. The molecule has 0 saturated carbocycles. The summed E-state index contributed by atoms with van der Waals surface area (Å²) < 4.78 is 13.7. The van der Waals surface area contributed by atoms with Crippen molar-refractivity contribution in [3.63, 3.8) is 0 Å². The third kappa shape index (κ3) is 5.27. The summed E-state index contributed by atoms with van der Waals surface area (Å²) >= 11 is 0. The van der Waals surface area contributed by atoms with E-state index < -0.39 is 0 Å². The van der Waals surface area contributed by atoms with Gasteiger partial charge in [-0.05, 0) is 67.2 Å². The van der Waals surface area contributed by atoms with Gasteiger partial charge >= 0.3 is 0 Å². The fourth-order valence-electron chi connectivity index (χ4n) is 5.30. The molecule has 2 heterocycles. The van der Waals surface area contributed by atoms with Crippen LogP contribution in [0.25, 0.3) is 11.1 Å². The second-order valence-electron chi connectivity index (χ2n) is 9.11. The van der Waals surface area contributed by atoms with E-state index >= 15 is 0 Å². The van der Waals surface area contributed by atoms with Crippen molar-refractivity contribution >= 4 is 11.8 Å². The molecule has 5 nitrogen and oxygen atoms in total. The maximum Gasteiger partial charge on any atom is 0.253 e. The number of carbonyl (C=O) groups excluding carboxylic acids is 2. The number of likely N-dealkylation sites (tertiary alicyclic amines) is 2. The number of nitrogens with zero attached hydrogens (tertiary/aromatic N) is 3. The molecule has 0 aromatic heterocycles. The summed E-state index contributed by atoms with van der Waals surface area (Å²) in [7, 11) is 0. The van der Waals surface area contributed by atoms with Crippen LogP contribution < -0.4 is 0 Å². The molecule has 2 fully saturated rings. The lowest BCUT2D eigenvalue weighted by molar-refractivity contribution is -0.140. The summed E-state index contributed by atoms with van der Waals surface area (Å²) in [5, 5.41) is 0. The number of halogens is 1. The van der Waals surface area contributed by atoms with Crippen molar-refractivity contribution in [2.75, 3.05) is 39.3 Å². The van der Waals surface area contributed by atoms with Crippen LogP contribution in [0.3, 0.4) is 0 Å². The molecule has 0 radical (unpaired) electrons. The fraction of sp³-hybridized carbons (Fsp3) is 0.481. The van der Waals surface area contributed by atoms with Crippen LogP contribution in [0.15, 0.2) is 48.5 Å². The summed E-state index contributed by atoms with van der Waals surface area (Å²) in [4.78, 5) is 32.4. The third-order valence-corrected chi connectivity index (χ3v) is 7.25. The monoisotopic (exact) mass is 451 g/mol. The Hall–Kier alpha value is -2.73. The first-order valence-electron chi connectivity index (χ1n) is 12.2. The molecule has 4 rings (SSSR count). The molecule has 176 valence electrons. The van der Waals surface area contributed by atoms with E-state index in [1.165, 1.54) is 12.1 Å². The Morgan fingerprint density at radius 3 is 2.52 bits per heavy atom. The molecule has 2 aromatic carbocycles. The molecule has 0 unspecified atom stereocenters. The predicted octanol–water partition coefficient (Wildman–Crippen LogP) is 4.29. The SMILES string of the molecule is CCN(CC)CCN1C(=O)CC[C@@H]2CN(C(=O)c3cccc(-c4cccc(F)c4)c3)CC[C@@H]21. The first-order chi connectivity index (χ1) is 16.0. The zero-order valence-electron chi connectivity index (χ0n) is 19.7. The smallest absolute Gasteiger partial charge is 0.253 e. The number of likely N-dealkylation sites (N-methyl/N-ethyl adjacent to an activating group) is 1. The summed E-state index contributed by atoms with van der Waals surface area (Å²) in [6.07, 6.45) is 2.23. The molecule has 2 atom stereocenters. The van der Waals surface area contributed by atoms with Crippen LogP contribution >= 0.6 is 0 Å². The number of amides is 2. The van der Waals surface area contributed by atoms with Gasteiger partial charge in [0, 0.05) is 44.2 Å². The molecule has 2 aromatic rings. The number of hydrogen-bond donors (Lipinski definition) is 0. The molecule has 0 spiro atoms. The average Bonchev–Trinajstić information content (AvgIpc) is 2.85. The zero-order chi connectivity index (χ0) is 23.4. The number of benzene rings is 2. The van der Waals surface area contributed by atoms with Crippen molar-refractivity contribution in [3.05, 3.63) is 59.9 Å². The molecule has 0 aliphatic carbocycles. The number of carbonyl (C=O) groups is 2. The Morgan fingerprint density at radius 2 is 1.79 bits per heavy atom. The van der Waals surface area contributed by atoms with Gasteiger partial charge in [0.25, 0.3) is 5.91 Å². The minimum Gasteiger partial charge on any atom is -0.338 e. The molecular formula is C27H34FN3O2. The van der Waals surface area contributed by atoms with Crippen molar-refractivity contribution in [1.29, 1.82) is 0 Å². The Morgan fingerprint density at radius 1 is 1.06 bits per heavy atom. The van der Waals surface area contributed by atoms with Gasteiger partial charge in [-0.2, -0.15) is 0 Å². The van der Waals surface area contributed by atoms with E-state index in [0.29, 0.717) is 31.0 Å². The van der Waals surface area contributed by atoms with Crippen molar-refractivity contribution in [1.82, 2.24) is 14.7 Å². The standard InChI is InChI=1S/C27H34FN3O2/c1-3-29(4-2)15-16-31-25-13-14-30(19-23(25)11-12-26(31)32)27(33)22-9-5-7-20(17-22)21-8-6-10-24(28)18-21/h5-10,17-18,23,25H,3-4,11-16,19H2,1-2H3/t23-,25+/m1/s1. The number of rotatable bonds is 7. The molecule has 33 heavy (non-hydrogen) atoms. The Bertz CT molecular complexity index is 991. The van der Waals surface area contributed by atoms with Crippen LogP contribution in [0.4, 0.5) is 4.39 Å². The minimum atomic E-state index is -0.288. The second kappa shape index (κ2) is 10.5. The van der Waals surface area contributed by atoms with Crippen LogP contribution in [-0.2, 0) is 4.79 Å². The first kappa shape index (κ1) is 23.4. The Labute approximate surface area is 196 Å². The van der Waals surface area contributed by atoms with Gasteiger partial charge in [0.1, 0.15) is 5.82 Å².